The van der Waals surface area contributed by atoms with Crippen LogP contribution in [0, 0.1) is 0 Å². The molecule has 0 saturated heterocycles. The van der Waals surface area contributed by atoms with Crippen LogP contribution in [0.3, 0.4) is 0 Å². The van der Waals surface area contributed by atoms with E-state index in [2.05, 4.69) is 4.74 Å². The summed E-state index contributed by atoms with van der Waals surface area (Å²) in [6.45, 7) is 0.217. The first-order valence-corrected chi connectivity index (χ1v) is 4.55. The van der Waals surface area contributed by atoms with Crippen LogP contribution in [0.25, 0.3) is 0 Å². The summed E-state index contributed by atoms with van der Waals surface area (Å²) in [4.78, 5) is 10.4. The Balaban J connectivity index is 3.96. The fourth-order valence-electron chi connectivity index (χ4n) is 0.381. The molecule has 12 heavy (non-hydrogen) atoms. The van der Waals surface area contributed by atoms with Gasteiger partial charge in [0, 0.05) is 13.1 Å². The van der Waals surface area contributed by atoms with E-state index in [1.807, 2.05) is 4.72 Å². The summed E-state index contributed by atoms with van der Waals surface area (Å²) in [5.41, 5.74) is 5.03. The smallest absolute Gasteiger partial charge is 0.421 e. The normalized spacial score (nSPS) is 10.8. The van der Waals surface area contributed by atoms with Gasteiger partial charge in [-0.05, 0) is 0 Å². The van der Waals surface area contributed by atoms with E-state index < -0.39 is 16.3 Å². The van der Waals surface area contributed by atoms with Gasteiger partial charge in [0.15, 0.2) is 0 Å². The molecule has 1 amide bonds. The van der Waals surface area contributed by atoms with Crippen molar-refractivity contribution in [3.05, 3.63) is 0 Å². The lowest BCUT2D eigenvalue weighted by Crippen LogP contribution is -2.41. The van der Waals surface area contributed by atoms with Crippen LogP contribution in [-0.2, 0) is 14.9 Å². The molecule has 0 radical (unpaired) electrons. The number of amides is 1. The molecule has 7 nitrogen and oxygen atoms in total. The summed E-state index contributed by atoms with van der Waals surface area (Å²) >= 11 is 0. The van der Waals surface area contributed by atoms with Crippen LogP contribution in [0.2, 0.25) is 0 Å². The molecule has 4 N–H and O–H groups in total. The number of rotatable bonds is 4. The number of nitrogens with one attached hydrogen (secondary N) is 2. The second-order valence-corrected chi connectivity index (χ2v) is 3.28. The highest BCUT2D eigenvalue weighted by molar-refractivity contribution is 7.88. The Morgan fingerprint density at radius 1 is 1.58 bits per heavy atom. The first-order chi connectivity index (χ1) is 5.52. The SMILES string of the molecule is COC(=O)NS(=O)(=O)NCCN. The number of nitrogens with two attached hydrogens (primary N) is 1. The van der Waals surface area contributed by atoms with Crippen molar-refractivity contribution >= 4 is 16.3 Å². The van der Waals surface area contributed by atoms with E-state index in [0.717, 1.165) is 7.11 Å². The van der Waals surface area contributed by atoms with E-state index in [4.69, 9.17) is 5.73 Å². The van der Waals surface area contributed by atoms with Crippen molar-refractivity contribution in [1.29, 1.82) is 0 Å². The predicted molar refractivity (Wildman–Crippen MR) is 41.5 cm³/mol. The topological polar surface area (TPSA) is 111 Å². The van der Waals surface area contributed by atoms with Gasteiger partial charge in [-0.3, -0.25) is 0 Å². The van der Waals surface area contributed by atoms with E-state index in [-0.39, 0.29) is 13.1 Å². The standard InChI is InChI=1S/C4H11N3O4S/c1-11-4(8)7-12(9,10)6-3-2-5/h6H,2-3,5H2,1H3,(H,7,8). The van der Waals surface area contributed by atoms with Gasteiger partial charge in [-0.15, -0.1) is 0 Å². The van der Waals surface area contributed by atoms with Gasteiger partial charge in [0.05, 0.1) is 7.11 Å². The maximum Gasteiger partial charge on any atom is 0.421 e. The fourth-order valence-corrected chi connectivity index (χ4v) is 1.14. The van der Waals surface area contributed by atoms with Gasteiger partial charge in [0.2, 0.25) is 0 Å². The van der Waals surface area contributed by atoms with Crippen LogP contribution >= 0.6 is 0 Å². The number of hydrogen-bond acceptors (Lipinski definition) is 5. The molecular formula is C4H11N3O4S. The van der Waals surface area contributed by atoms with Gasteiger partial charge in [-0.1, -0.05) is 0 Å². The molecule has 8 heteroatoms. The number of methoxy groups -OCH3 is 1. The van der Waals surface area contributed by atoms with Gasteiger partial charge in [0.1, 0.15) is 0 Å². The van der Waals surface area contributed by atoms with E-state index in [1.165, 1.54) is 0 Å². The van der Waals surface area contributed by atoms with E-state index in [9.17, 15) is 13.2 Å². The number of ether oxygens (including phenoxy) is 1. The number of carbonyl (C=O) groups is 1. The Hall–Kier alpha value is -0.860. The van der Waals surface area contributed by atoms with Gasteiger partial charge in [0.25, 0.3) is 0 Å². The van der Waals surface area contributed by atoms with Crippen molar-refractivity contribution in [1.82, 2.24) is 9.44 Å². The molecule has 0 unspecified atom stereocenters. The summed E-state index contributed by atoms with van der Waals surface area (Å²) in [7, 11) is -2.75. The van der Waals surface area contributed by atoms with E-state index >= 15 is 0 Å². The van der Waals surface area contributed by atoms with Crippen molar-refractivity contribution < 1.29 is 17.9 Å². The molecule has 0 rings (SSSR count). The summed E-state index contributed by atoms with van der Waals surface area (Å²) in [5.74, 6) is 0. The second kappa shape index (κ2) is 4.91. The average Bonchev–Trinajstić information content (AvgIpc) is 2.00. The highest BCUT2D eigenvalue weighted by atomic mass is 32.2. The maximum absolute atomic E-state index is 10.8. The van der Waals surface area contributed by atoms with Crippen molar-refractivity contribution in [2.45, 2.75) is 0 Å². The fraction of sp³-hybridized carbons (Fsp3) is 0.750. The Kier molecular flexibility index (Phi) is 4.55. The molecule has 0 spiro atoms. The van der Waals surface area contributed by atoms with Crippen LogP contribution in [0.4, 0.5) is 4.79 Å². The molecule has 0 aromatic heterocycles. The summed E-state index contributed by atoms with van der Waals surface area (Å²) in [5, 5.41) is 0. The second-order valence-electron chi connectivity index (χ2n) is 1.78. The first-order valence-electron chi connectivity index (χ1n) is 3.07. The largest absolute Gasteiger partial charge is 0.452 e. The Labute approximate surface area is 70.4 Å². The monoisotopic (exact) mass is 197 g/mol. The Morgan fingerprint density at radius 2 is 2.17 bits per heavy atom. The van der Waals surface area contributed by atoms with Crippen LogP contribution in [0.15, 0.2) is 0 Å². The quantitative estimate of drug-likeness (QED) is 0.489. The molecule has 0 aliphatic carbocycles. The zero-order valence-electron chi connectivity index (χ0n) is 6.53. The molecule has 0 aromatic carbocycles. The third kappa shape index (κ3) is 4.88. The summed E-state index contributed by atoms with van der Waals surface area (Å²) in [6, 6.07) is 0. The Bertz CT molecular complexity index is 237. The zero-order chi connectivity index (χ0) is 9.61. The van der Waals surface area contributed by atoms with Crippen LogP contribution in [-0.4, -0.2) is 34.7 Å². The van der Waals surface area contributed by atoms with Crippen molar-refractivity contribution in [3.8, 4) is 0 Å². The molecule has 0 atom stereocenters. The van der Waals surface area contributed by atoms with Gasteiger partial charge in [-0.2, -0.15) is 13.1 Å². The molecule has 0 bridgehead atoms. The third-order valence-corrected chi connectivity index (χ3v) is 1.86. The molecule has 0 saturated carbocycles. The highest BCUT2D eigenvalue weighted by Gasteiger charge is 2.12. The van der Waals surface area contributed by atoms with Crippen LogP contribution in [0.5, 0.6) is 0 Å². The highest BCUT2D eigenvalue weighted by Crippen LogP contribution is 1.78. The lowest BCUT2D eigenvalue weighted by atomic mass is 10.7. The molecule has 0 aliphatic heterocycles. The van der Waals surface area contributed by atoms with Crippen LogP contribution < -0.4 is 15.2 Å². The minimum absolute atomic E-state index is 0.0618. The lowest BCUT2D eigenvalue weighted by Gasteiger charge is -2.05. The van der Waals surface area contributed by atoms with Crippen molar-refractivity contribution in [3.63, 3.8) is 0 Å². The van der Waals surface area contributed by atoms with Crippen molar-refractivity contribution in [2.24, 2.45) is 5.73 Å². The maximum atomic E-state index is 10.8. The molecule has 0 fully saturated rings. The lowest BCUT2D eigenvalue weighted by molar-refractivity contribution is 0.177. The van der Waals surface area contributed by atoms with Gasteiger partial charge in [-0.25, -0.2) is 9.52 Å². The molecule has 0 heterocycles. The third-order valence-electron chi connectivity index (χ3n) is 0.840. The van der Waals surface area contributed by atoms with Crippen molar-refractivity contribution in [2.75, 3.05) is 20.2 Å². The van der Waals surface area contributed by atoms with Gasteiger partial charge >= 0.3 is 16.3 Å². The van der Waals surface area contributed by atoms with Gasteiger partial charge < -0.3 is 10.5 Å². The van der Waals surface area contributed by atoms with Crippen LogP contribution in [0.1, 0.15) is 0 Å². The molecule has 0 aromatic rings. The minimum Gasteiger partial charge on any atom is -0.452 e. The zero-order valence-corrected chi connectivity index (χ0v) is 7.35. The Morgan fingerprint density at radius 3 is 2.58 bits per heavy atom. The number of carbonyl (C=O) groups excluding carboxylic acids is 1. The van der Waals surface area contributed by atoms with E-state index in [1.54, 1.807) is 4.72 Å². The first kappa shape index (κ1) is 11.1. The molecule has 72 valence electrons. The van der Waals surface area contributed by atoms with E-state index in [0.29, 0.717) is 0 Å². The molecule has 0 aliphatic rings. The summed E-state index contributed by atoms with van der Waals surface area (Å²) in [6.07, 6.45) is -1.04. The predicted octanol–water partition coefficient (Wildman–Crippen LogP) is -1.86. The summed E-state index contributed by atoms with van der Waals surface area (Å²) < 4.78 is 29.2. The average molecular weight is 197 g/mol. The molecular weight excluding hydrogens is 186 g/mol. The number of hydrogen-bond donors (Lipinski definition) is 3. The minimum atomic E-state index is -3.81.